The van der Waals surface area contributed by atoms with Gasteiger partial charge in [0.25, 0.3) is 0 Å². The van der Waals surface area contributed by atoms with Crippen LogP contribution < -0.4 is 5.32 Å². The zero-order valence-corrected chi connectivity index (χ0v) is 8.57. The van der Waals surface area contributed by atoms with E-state index in [-0.39, 0.29) is 5.82 Å². The lowest BCUT2D eigenvalue weighted by Crippen LogP contribution is -2.33. The number of halogens is 2. The average Bonchev–Trinajstić information content (AvgIpc) is 2.03. The molecule has 1 aliphatic heterocycles. The second-order valence-corrected chi connectivity index (χ2v) is 3.99. The van der Waals surface area contributed by atoms with Gasteiger partial charge >= 0.3 is 0 Å². The van der Waals surface area contributed by atoms with E-state index in [4.69, 9.17) is 0 Å². The van der Waals surface area contributed by atoms with Crippen LogP contribution in [-0.2, 0) is 0 Å². The van der Waals surface area contributed by atoms with Gasteiger partial charge in [0.2, 0.25) is 0 Å². The summed E-state index contributed by atoms with van der Waals surface area (Å²) >= 11 is 3.31. The first-order valence-corrected chi connectivity index (χ1v) is 4.90. The minimum Gasteiger partial charge on any atom is -0.309 e. The van der Waals surface area contributed by atoms with Gasteiger partial charge in [-0.15, -0.1) is 0 Å². The molecular formula is C10H9BrFN. The van der Waals surface area contributed by atoms with E-state index in [0.717, 1.165) is 17.6 Å². The third kappa shape index (κ3) is 1.98. The average molecular weight is 242 g/mol. The molecule has 1 aromatic carbocycles. The van der Waals surface area contributed by atoms with E-state index in [1.165, 1.54) is 11.6 Å². The van der Waals surface area contributed by atoms with E-state index in [2.05, 4.69) is 21.2 Å². The van der Waals surface area contributed by atoms with Crippen molar-refractivity contribution in [2.45, 2.75) is 0 Å². The highest BCUT2D eigenvalue weighted by Gasteiger charge is 2.08. The molecule has 0 bridgehead atoms. The minimum absolute atomic E-state index is 0.164. The molecule has 0 radical (unpaired) electrons. The van der Waals surface area contributed by atoms with Crippen LogP contribution in [0.5, 0.6) is 0 Å². The maximum absolute atomic E-state index is 13.2. The van der Waals surface area contributed by atoms with E-state index in [0.29, 0.717) is 5.56 Å². The van der Waals surface area contributed by atoms with Gasteiger partial charge in [-0.05, 0) is 23.8 Å². The Balaban J connectivity index is 2.33. The molecule has 0 atom stereocenters. The Hall–Kier alpha value is -0.670. The lowest BCUT2D eigenvalue weighted by molar-refractivity contribution is 0.623. The molecule has 0 spiro atoms. The van der Waals surface area contributed by atoms with Gasteiger partial charge < -0.3 is 5.32 Å². The quantitative estimate of drug-likeness (QED) is 0.798. The molecular weight excluding hydrogens is 233 g/mol. The summed E-state index contributed by atoms with van der Waals surface area (Å²) in [6, 6.07) is 4.97. The highest BCUT2D eigenvalue weighted by atomic mass is 79.9. The van der Waals surface area contributed by atoms with Crippen LogP contribution in [0.1, 0.15) is 5.56 Å². The van der Waals surface area contributed by atoms with Crippen molar-refractivity contribution < 1.29 is 4.39 Å². The Kier molecular flexibility index (Phi) is 2.47. The molecule has 1 heterocycles. The molecule has 0 amide bonds. The molecule has 68 valence electrons. The molecule has 1 N–H and O–H groups in total. The van der Waals surface area contributed by atoms with Crippen LogP contribution in [0.25, 0.3) is 6.08 Å². The maximum atomic E-state index is 13.2. The molecule has 1 saturated heterocycles. The highest BCUT2D eigenvalue weighted by Crippen LogP contribution is 2.18. The fraction of sp³-hybridized carbons (Fsp3) is 0.200. The van der Waals surface area contributed by atoms with Gasteiger partial charge in [-0.3, -0.25) is 0 Å². The van der Waals surface area contributed by atoms with Crippen LogP contribution in [0.3, 0.4) is 0 Å². The van der Waals surface area contributed by atoms with Crippen molar-refractivity contribution in [2.75, 3.05) is 13.1 Å². The summed E-state index contributed by atoms with van der Waals surface area (Å²) in [6.45, 7) is 1.76. The Morgan fingerprint density at radius 2 is 2.15 bits per heavy atom. The molecule has 1 nitrogen and oxygen atoms in total. The fourth-order valence-electron chi connectivity index (χ4n) is 1.22. The van der Waals surface area contributed by atoms with E-state index in [1.807, 2.05) is 6.08 Å². The molecule has 0 aromatic heterocycles. The summed E-state index contributed by atoms with van der Waals surface area (Å²) in [6.07, 6.45) is 1.90. The van der Waals surface area contributed by atoms with Crippen molar-refractivity contribution in [3.05, 3.63) is 39.6 Å². The second-order valence-electron chi connectivity index (χ2n) is 3.07. The van der Waals surface area contributed by atoms with Crippen molar-refractivity contribution in [3.63, 3.8) is 0 Å². The molecule has 1 aromatic rings. The van der Waals surface area contributed by atoms with Crippen LogP contribution >= 0.6 is 15.9 Å². The van der Waals surface area contributed by atoms with Gasteiger partial charge in [0, 0.05) is 23.1 Å². The highest BCUT2D eigenvalue weighted by molar-refractivity contribution is 9.10. The Bertz CT molecular complexity index is 354. The molecule has 0 saturated carbocycles. The fourth-order valence-corrected chi connectivity index (χ4v) is 1.60. The van der Waals surface area contributed by atoms with Crippen molar-refractivity contribution in [1.29, 1.82) is 0 Å². The largest absolute Gasteiger partial charge is 0.309 e. The van der Waals surface area contributed by atoms with Crippen LogP contribution in [-0.4, -0.2) is 13.1 Å². The molecule has 0 aliphatic carbocycles. The van der Waals surface area contributed by atoms with E-state index < -0.39 is 0 Å². The number of hydrogen-bond donors (Lipinski definition) is 1. The third-order valence-corrected chi connectivity index (χ3v) is 2.52. The smallest absolute Gasteiger partial charge is 0.130 e. The summed E-state index contributed by atoms with van der Waals surface area (Å²) in [4.78, 5) is 0. The molecule has 1 aliphatic rings. The van der Waals surface area contributed by atoms with Gasteiger partial charge in [0.15, 0.2) is 0 Å². The number of hydrogen-bond acceptors (Lipinski definition) is 1. The summed E-state index contributed by atoms with van der Waals surface area (Å²) in [5.74, 6) is -0.164. The zero-order valence-electron chi connectivity index (χ0n) is 6.98. The molecule has 2 rings (SSSR count). The van der Waals surface area contributed by atoms with Gasteiger partial charge in [0.1, 0.15) is 5.82 Å². The van der Waals surface area contributed by atoms with E-state index in [9.17, 15) is 4.39 Å². The second kappa shape index (κ2) is 3.60. The lowest BCUT2D eigenvalue weighted by Gasteiger charge is -2.18. The Morgan fingerprint density at radius 1 is 1.38 bits per heavy atom. The predicted molar refractivity (Wildman–Crippen MR) is 54.9 cm³/mol. The zero-order chi connectivity index (χ0) is 9.26. The standard InChI is InChI=1S/C10H9BrFN/c11-9-1-2-10(12)8(4-9)3-7-5-13-6-7/h1-4,13H,5-6H2. The molecule has 3 heteroatoms. The predicted octanol–water partition coefficient (Wildman–Crippen LogP) is 2.57. The first-order chi connectivity index (χ1) is 6.25. The van der Waals surface area contributed by atoms with E-state index in [1.54, 1.807) is 12.1 Å². The molecule has 0 unspecified atom stereocenters. The van der Waals surface area contributed by atoms with Gasteiger partial charge in [-0.25, -0.2) is 4.39 Å². The summed E-state index contributed by atoms with van der Waals surface area (Å²) < 4.78 is 14.1. The third-order valence-electron chi connectivity index (χ3n) is 2.02. The molecule has 1 fully saturated rings. The minimum atomic E-state index is -0.164. The van der Waals surface area contributed by atoms with Crippen LogP contribution in [0, 0.1) is 5.82 Å². The molecule has 13 heavy (non-hydrogen) atoms. The lowest BCUT2D eigenvalue weighted by atomic mass is 10.1. The van der Waals surface area contributed by atoms with Crippen molar-refractivity contribution >= 4 is 22.0 Å². The normalized spacial score (nSPS) is 15.4. The Morgan fingerprint density at radius 3 is 2.77 bits per heavy atom. The van der Waals surface area contributed by atoms with Gasteiger partial charge in [-0.1, -0.05) is 22.0 Å². The van der Waals surface area contributed by atoms with Crippen LogP contribution in [0.2, 0.25) is 0 Å². The van der Waals surface area contributed by atoms with Crippen molar-refractivity contribution in [2.24, 2.45) is 0 Å². The van der Waals surface area contributed by atoms with Gasteiger partial charge in [0.05, 0.1) is 0 Å². The Labute approximate surface area is 84.8 Å². The van der Waals surface area contributed by atoms with Crippen molar-refractivity contribution in [1.82, 2.24) is 5.32 Å². The first kappa shape index (κ1) is 8.91. The maximum Gasteiger partial charge on any atom is 0.130 e. The monoisotopic (exact) mass is 241 g/mol. The van der Waals surface area contributed by atoms with Crippen LogP contribution in [0.4, 0.5) is 4.39 Å². The van der Waals surface area contributed by atoms with E-state index >= 15 is 0 Å². The number of benzene rings is 1. The van der Waals surface area contributed by atoms with Crippen molar-refractivity contribution in [3.8, 4) is 0 Å². The first-order valence-electron chi connectivity index (χ1n) is 4.11. The van der Waals surface area contributed by atoms with Gasteiger partial charge in [-0.2, -0.15) is 0 Å². The summed E-state index contributed by atoms with van der Waals surface area (Å²) in [5, 5.41) is 3.11. The number of rotatable bonds is 1. The van der Waals surface area contributed by atoms with Crippen LogP contribution in [0.15, 0.2) is 28.2 Å². The summed E-state index contributed by atoms with van der Waals surface area (Å²) in [7, 11) is 0. The SMILES string of the molecule is Fc1ccc(Br)cc1C=C1CNC1. The topological polar surface area (TPSA) is 12.0 Å². The number of nitrogens with one attached hydrogen (secondary N) is 1. The summed E-state index contributed by atoms with van der Waals surface area (Å²) in [5.41, 5.74) is 1.91.